The summed E-state index contributed by atoms with van der Waals surface area (Å²) in [5.41, 5.74) is 0.337. The van der Waals surface area contributed by atoms with Crippen molar-refractivity contribution in [3.63, 3.8) is 0 Å². The molecule has 0 aliphatic carbocycles. The monoisotopic (exact) mass is 256 g/mol. The molecule has 0 N–H and O–H groups in total. The Bertz CT molecular complexity index is 351. The third kappa shape index (κ3) is 4.26. The Morgan fingerprint density at radius 3 is 2.50 bits per heavy atom. The molecular weight excluding hydrogens is 248 g/mol. The maximum atomic E-state index is 12.8. The summed E-state index contributed by atoms with van der Waals surface area (Å²) < 4.78 is 53.2. The molecule has 0 fully saturated rings. The minimum Gasteiger partial charge on any atom is -0.493 e. The van der Waals surface area contributed by atoms with Gasteiger partial charge in [-0.05, 0) is 18.2 Å². The fourth-order valence-electron chi connectivity index (χ4n) is 1.07. The highest BCUT2D eigenvalue weighted by atomic mass is 35.5. The van der Waals surface area contributed by atoms with Gasteiger partial charge in [0.2, 0.25) is 0 Å². The lowest BCUT2D eigenvalue weighted by molar-refractivity contribution is -0.139. The van der Waals surface area contributed by atoms with Gasteiger partial charge in [0.05, 0.1) is 18.9 Å². The number of benzene rings is 1. The molecule has 0 amide bonds. The van der Waals surface area contributed by atoms with Gasteiger partial charge in [0.25, 0.3) is 0 Å². The van der Waals surface area contributed by atoms with Crippen LogP contribution in [0.25, 0.3) is 0 Å². The van der Waals surface area contributed by atoms with E-state index in [0.29, 0.717) is 5.56 Å². The zero-order valence-corrected chi connectivity index (χ0v) is 8.91. The predicted molar refractivity (Wildman–Crippen MR) is 52.1 cm³/mol. The van der Waals surface area contributed by atoms with E-state index in [2.05, 4.69) is 0 Å². The van der Waals surface area contributed by atoms with Crippen molar-refractivity contribution >= 4 is 11.6 Å². The second-order valence-electron chi connectivity index (χ2n) is 3.10. The lowest BCUT2D eigenvalue weighted by Crippen LogP contribution is -2.13. The van der Waals surface area contributed by atoms with E-state index in [1.54, 1.807) is 0 Å². The van der Waals surface area contributed by atoms with E-state index in [1.165, 1.54) is 6.07 Å². The van der Waals surface area contributed by atoms with Crippen molar-refractivity contribution in [2.24, 2.45) is 0 Å². The zero-order chi connectivity index (χ0) is 12.2. The van der Waals surface area contributed by atoms with Gasteiger partial charge in [0.15, 0.2) is 0 Å². The minimum atomic E-state index is -4.26. The SMILES string of the molecule is Fc1ccc(OCCC(F)(F)F)c(CCl)c1. The summed E-state index contributed by atoms with van der Waals surface area (Å²) in [6.07, 6.45) is -5.31. The molecule has 1 aromatic carbocycles. The molecule has 0 aliphatic rings. The normalized spacial score (nSPS) is 11.6. The van der Waals surface area contributed by atoms with Crippen molar-refractivity contribution in [2.75, 3.05) is 6.61 Å². The zero-order valence-electron chi connectivity index (χ0n) is 8.15. The van der Waals surface area contributed by atoms with E-state index in [-0.39, 0.29) is 11.6 Å². The largest absolute Gasteiger partial charge is 0.493 e. The average Bonchev–Trinajstić information content (AvgIpc) is 2.18. The van der Waals surface area contributed by atoms with Gasteiger partial charge in [-0.3, -0.25) is 0 Å². The van der Waals surface area contributed by atoms with Crippen molar-refractivity contribution in [1.29, 1.82) is 0 Å². The summed E-state index contributed by atoms with van der Waals surface area (Å²) in [5, 5.41) is 0. The van der Waals surface area contributed by atoms with Crippen molar-refractivity contribution in [2.45, 2.75) is 18.5 Å². The number of hydrogen-bond donors (Lipinski definition) is 0. The van der Waals surface area contributed by atoms with E-state index in [0.717, 1.165) is 12.1 Å². The van der Waals surface area contributed by atoms with Crippen molar-refractivity contribution in [1.82, 2.24) is 0 Å². The van der Waals surface area contributed by atoms with Gasteiger partial charge < -0.3 is 4.74 Å². The third-order valence-electron chi connectivity index (χ3n) is 1.81. The number of hydrogen-bond acceptors (Lipinski definition) is 1. The van der Waals surface area contributed by atoms with Gasteiger partial charge in [0, 0.05) is 5.56 Å². The maximum absolute atomic E-state index is 12.8. The average molecular weight is 257 g/mol. The molecule has 0 bridgehead atoms. The van der Waals surface area contributed by atoms with Crippen LogP contribution in [0.15, 0.2) is 18.2 Å². The van der Waals surface area contributed by atoms with Gasteiger partial charge in [0.1, 0.15) is 11.6 Å². The van der Waals surface area contributed by atoms with E-state index in [9.17, 15) is 17.6 Å². The topological polar surface area (TPSA) is 9.23 Å². The molecule has 0 aromatic heterocycles. The smallest absolute Gasteiger partial charge is 0.392 e. The van der Waals surface area contributed by atoms with Gasteiger partial charge >= 0.3 is 6.18 Å². The van der Waals surface area contributed by atoms with Crippen molar-refractivity contribution < 1.29 is 22.3 Å². The quantitative estimate of drug-likeness (QED) is 0.586. The first-order valence-electron chi connectivity index (χ1n) is 4.46. The summed E-state index contributed by atoms with van der Waals surface area (Å²) in [6, 6.07) is 3.51. The van der Waals surface area contributed by atoms with Crippen LogP contribution in [0, 0.1) is 5.82 Å². The first-order chi connectivity index (χ1) is 7.42. The Balaban J connectivity index is 2.60. The molecule has 90 valence electrons. The Morgan fingerprint density at radius 2 is 1.94 bits per heavy atom. The minimum absolute atomic E-state index is 0.0148. The van der Waals surface area contributed by atoms with Crippen LogP contribution in [0.1, 0.15) is 12.0 Å². The molecule has 0 saturated heterocycles. The number of ether oxygens (including phenoxy) is 1. The summed E-state index contributed by atoms with van der Waals surface area (Å²) in [6.45, 7) is -0.501. The lowest BCUT2D eigenvalue weighted by atomic mass is 10.2. The molecule has 16 heavy (non-hydrogen) atoms. The Kier molecular flexibility index (Phi) is 4.41. The number of rotatable bonds is 4. The van der Waals surface area contributed by atoms with Crippen molar-refractivity contribution in [3.05, 3.63) is 29.6 Å². The fraction of sp³-hybridized carbons (Fsp3) is 0.400. The van der Waals surface area contributed by atoms with Crippen LogP contribution in [-0.2, 0) is 5.88 Å². The summed E-state index contributed by atoms with van der Waals surface area (Å²) in [5.74, 6) is -0.335. The molecule has 0 heterocycles. The first-order valence-corrected chi connectivity index (χ1v) is 5.00. The van der Waals surface area contributed by atoms with Gasteiger partial charge in [-0.2, -0.15) is 13.2 Å². The Hall–Kier alpha value is -0.970. The number of alkyl halides is 4. The molecule has 1 nitrogen and oxygen atoms in total. The molecule has 6 heteroatoms. The fourth-order valence-corrected chi connectivity index (χ4v) is 1.28. The van der Waals surface area contributed by atoms with E-state index >= 15 is 0 Å². The van der Waals surface area contributed by atoms with Gasteiger partial charge in [-0.1, -0.05) is 0 Å². The molecule has 0 radical (unpaired) electrons. The molecule has 0 saturated carbocycles. The van der Waals surface area contributed by atoms with Crippen LogP contribution in [0.3, 0.4) is 0 Å². The van der Waals surface area contributed by atoms with Crippen LogP contribution in [0.2, 0.25) is 0 Å². The highest BCUT2D eigenvalue weighted by molar-refractivity contribution is 6.17. The molecule has 1 aromatic rings. The highest BCUT2D eigenvalue weighted by Crippen LogP contribution is 2.24. The van der Waals surface area contributed by atoms with E-state index < -0.39 is 25.0 Å². The maximum Gasteiger partial charge on any atom is 0.392 e. The Morgan fingerprint density at radius 1 is 1.25 bits per heavy atom. The van der Waals surface area contributed by atoms with Crippen molar-refractivity contribution in [3.8, 4) is 5.75 Å². The number of halogens is 5. The van der Waals surface area contributed by atoms with Crippen LogP contribution in [0.5, 0.6) is 5.75 Å². The van der Waals surface area contributed by atoms with Crippen LogP contribution >= 0.6 is 11.6 Å². The summed E-state index contributed by atoms with van der Waals surface area (Å²) >= 11 is 5.50. The lowest BCUT2D eigenvalue weighted by Gasteiger charge is -2.11. The summed E-state index contributed by atoms with van der Waals surface area (Å²) in [7, 11) is 0. The van der Waals surface area contributed by atoms with Gasteiger partial charge in [-0.25, -0.2) is 4.39 Å². The molecular formula is C10H9ClF4O. The molecule has 0 aliphatic heterocycles. The second-order valence-corrected chi connectivity index (χ2v) is 3.37. The highest BCUT2D eigenvalue weighted by Gasteiger charge is 2.26. The first kappa shape index (κ1) is 13.1. The summed E-state index contributed by atoms with van der Waals surface area (Å²) in [4.78, 5) is 0. The molecule has 0 spiro atoms. The van der Waals surface area contributed by atoms with Crippen LogP contribution in [-0.4, -0.2) is 12.8 Å². The molecule has 1 rings (SSSR count). The van der Waals surface area contributed by atoms with Gasteiger partial charge in [-0.15, -0.1) is 11.6 Å². The Labute approximate surface area is 95.0 Å². The van der Waals surface area contributed by atoms with Crippen LogP contribution in [0.4, 0.5) is 17.6 Å². The van der Waals surface area contributed by atoms with E-state index in [1.807, 2.05) is 0 Å². The molecule has 0 unspecified atom stereocenters. The third-order valence-corrected chi connectivity index (χ3v) is 2.10. The van der Waals surface area contributed by atoms with Crippen LogP contribution < -0.4 is 4.74 Å². The van der Waals surface area contributed by atoms with E-state index in [4.69, 9.17) is 16.3 Å². The molecule has 0 atom stereocenters. The second kappa shape index (κ2) is 5.39. The standard InChI is InChI=1S/C10H9ClF4O/c11-6-7-5-8(12)1-2-9(7)16-4-3-10(13,14)15/h1-2,5H,3-4,6H2. The predicted octanol–water partition coefficient (Wildman–Crippen LogP) is 3.90.